The van der Waals surface area contributed by atoms with Gasteiger partial charge in [-0.3, -0.25) is 14.4 Å². The molecule has 0 radical (unpaired) electrons. The summed E-state index contributed by atoms with van der Waals surface area (Å²) >= 11 is 3.43. The van der Waals surface area contributed by atoms with Gasteiger partial charge in [-0.25, -0.2) is 0 Å². The second-order valence-electron chi connectivity index (χ2n) is 6.05. The highest BCUT2D eigenvalue weighted by Crippen LogP contribution is 2.35. The van der Waals surface area contributed by atoms with Gasteiger partial charge >= 0.3 is 0 Å². The number of aryl methyl sites for hydroxylation is 1. The number of amides is 1. The van der Waals surface area contributed by atoms with E-state index in [0.717, 1.165) is 15.7 Å². The van der Waals surface area contributed by atoms with Crippen molar-refractivity contribution in [1.82, 2.24) is 0 Å². The van der Waals surface area contributed by atoms with Crippen LogP contribution in [0.2, 0.25) is 0 Å². The van der Waals surface area contributed by atoms with Crippen molar-refractivity contribution in [2.45, 2.75) is 6.92 Å². The second-order valence-corrected chi connectivity index (χ2v) is 6.90. The van der Waals surface area contributed by atoms with Gasteiger partial charge in [-0.2, -0.15) is 0 Å². The zero-order chi connectivity index (χ0) is 18.4. The molecule has 3 aromatic carbocycles. The summed E-state index contributed by atoms with van der Waals surface area (Å²) in [5, 5.41) is 5.73. The fraction of sp³-hybridized carbons (Fsp3) is 0.105. The number of anilines is 3. The van der Waals surface area contributed by atoms with Gasteiger partial charge in [0.15, 0.2) is 6.61 Å². The molecule has 7 heteroatoms. The lowest BCUT2D eigenvalue weighted by atomic mass is 9.97. The van der Waals surface area contributed by atoms with E-state index in [4.69, 9.17) is 4.74 Å². The van der Waals surface area contributed by atoms with Crippen molar-refractivity contribution in [3.63, 3.8) is 0 Å². The summed E-state index contributed by atoms with van der Waals surface area (Å²) in [6.45, 7) is 1.86. The first kappa shape index (κ1) is 16.5. The summed E-state index contributed by atoms with van der Waals surface area (Å²) < 4.78 is 6.34. The zero-order valence-corrected chi connectivity index (χ0v) is 15.3. The summed E-state index contributed by atoms with van der Waals surface area (Å²) in [5.74, 6) is 0.243. The van der Waals surface area contributed by atoms with Crippen molar-refractivity contribution >= 4 is 38.9 Å². The molecule has 1 aliphatic heterocycles. The van der Waals surface area contributed by atoms with E-state index in [2.05, 4.69) is 26.6 Å². The maximum atomic E-state index is 12.1. The minimum atomic E-state index is -0.549. The average molecular weight is 413 g/mol. The summed E-state index contributed by atoms with van der Waals surface area (Å²) in [6.07, 6.45) is 0. The largest absolute Gasteiger partial charge is 0.482 e. The van der Waals surface area contributed by atoms with E-state index in [1.54, 1.807) is 18.2 Å². The van der Waals surface area contributed by atoms with Crippen molar-refractivity contribution < 1.29 is 9.53 Å². The van der Waals surface area contributed by atoms with Gasteiger partial charge in [0, 0.05) is 10.2 Å². The fourth-order valence-corrected chi connectivity index (χ4v) is 3.13. The Labute approximate surface area is 156 Å². The maximum Gasteiger partial charge on any atom is 0.262 e. The number of rotatable bonds is 3. The molecular formula is C19H13BrN2O4. The minimum Gasteiger partial charge on any atom is -0.482 e. The molecule has 1 heterocycles. The molecule has 0 aliphatic carbocycles. The average Bonchev–Trinajstić information content (AvgIpc) is 2.63. The SMILES string of the molecule is Cc1cc(Nc2c(-c3ccc4c(c3)OCC(=O)N4)c(=O)c2=O)ccc1Br. The molecule has 0 fully saturated rings. The molecule has 26 heavy (non-hydrogen) atoms. The van der Waals surface area contributed by atoms with Crippen LogP contribution in [0.4, 0.5) is 17.1 Å². The molecular weight excluding hydrogens is 400 g/mol. The molecule has 130 valence electrons. The van der Waals surface area contributed by atoms with Gasteiger partial charge < -0.3 is 15.4 Å². The van der Waals surface area contributed by atoms with Crippen molar-refractivity contribution in [2.24, 2.45) is 0 Å². The van der Waals surface area contributed by atoms with Gasteiger partial charge in [-0.05, 0) is 48.4 Å². The fourth-order valence-electron chi connectivity index (χ4n) is 2.88. The van der Waals surface area contributed by atoms with Crippen LogP contribution in [0.15, 0.2) is 50.5 Å². The van der Waals surface area contributed by atoms with Crippen LogP contribution < -0.4 is 26.2 Å². The van der Waals surface area contributed by atoms with Crippen molar-refractivity contribution in [2.75, 3.05) is 17.2 Å². The van der Waals surface area contributed by atoms with Gasteiger partial charge in [-0.1, -0.05) is 22.0 Å². The van der Waals surface area contributed by atoms with E-state index < -0.39 is 10.9 Å². The van der Waals surface area contributed by atoms with Crippen LogP contribution in [-0.4, -0.2) is 12.5 Å². The predicted molar refractivity (Wildman–Crippen MR) is 103 cm³/mol. The van der Waals surface area contributed by atoms with E-state index in [-0.39, 0.29) is 18.2 Å². The number of halogens is 1. The highest BCUT2D eigenvalue weighted by molar-refractivity contribution is 9.10. The summed E-state index contributed by atoms with van der Waals surface area (Å²) in [6, 6.07) is 10.6. The molecule has 0 spiro atoms. The Morgan fingerprint density at radius 3 is 2.65 bits per heavy atom. The topological polar surface area (TPSA) is 84.5 Å². The molecule has 1 aliphatic rings. The normalized spacial score (nSPS) is 13.1. The van der Waals surface area contributed by atoms with Crippen LogP contribution in [0, 0.1) is 6.92 Å². The Hall–Kier alpha value is -2.93. The molecule has 2 N–H and O–H groups in total. The summed E-state index contributed by atoms with van der Waals surface area (Å²) in [4.78, 5) is 35.6. The molecule has 6 nitrogen and oxygen atoms in total. The summed E-state index contributed by atoms with van der Waals surface area (Å²) in [7, 11) is 0. The van der Waals surface area contributed by atoms with Gasteiger partial charge in [0.2, 0.25) is 5.43 Å². The number of fused-ring (bicyclic) bond motifs is 1. The summed E-state index contributed by atoms with van der Waals surface area (Å²) in [5.41, 5.74) is 2.33. The third-order valence-electron chi connectivity index (χ3n) is 4.24. The standard InChI is InChI=1S/C19H13BrN2O4/c1-9-6-11(3-4-12(9)20)21-17-16(18(24)19(17)25)10-2-5-13-14(7-10)26-8-15(23)22-13/h2-7,21H,8H2,1H3,(H,22,23). The van der Waals surface area contributed by atoms with Crippen molar-refractivity contribution in [1.29, 1.82) is 0 Å². The van der Waals surface area contributed by atoms with Gasteiger partial charge in [0.1, 0.15) is 11.4 Å². The Kier molecular flexibility index (Phi) is 3.88. The lowest BCUT2D eigenvalue weighted by Crippen LogP contribution is -2.35. The number of carbonyl (C=O) groups is 1. The molecule has 4 rings (SSSR count). The third-order valence-corrected chi connectivity index (χ3v) is 5.13. The second kappa shape index (κ2) is 6.10. The highest BCUT2D eigenvalue weighted by atomic mass is 79.9. The molecule has 1 amide bonds. The predicted octanol–water partition coefficient (Wildman–Crippen LogP) is 3.10. The maximum absolute atomic E-state index is 12.1. The lowest BCUT2D eigenvalue weighted by Gasteiger charge is -2.20. The van der Waals surface area contributed by atoms with Gasteiger partial charge in [0.25, 0.3) is 11.3 Å². The van der Waals surface area contributed by atoms with Crippen LogP contribution in [0.3, 0.4) is 0 Å². The van der Waals surface area contributed by atoms with E-state index >= 15 is 0 Å². The molecule has 0 saturated carbocycles. The number of benzene rings is 2. The molecule has 0 unspecified atom stereocenters. The van der Waals surface area contributed by atoms with Gasteiger partial charge in [-0.15, -0.1) is 0 Å². The number of hydrogen-bond donors (Lipinski definition) is 2. The Bertz CT molecular complexity index is 1130. The molecule has 0 saturated heterocycles. The van der Waals surface area contributed by atoms with Gasteiger partial charge in [0.05, 0.1) is 11.3 Å². The molecule has 0 aromatic heterocycles. The molecule has 0 atom stereocenters. The van der Waals surface area contributed by atoms with E-state index in [9.17, 15) is 14.4 Å². The van der Waals surface area contributed by atoms with Crippen molar-refractivity contribution in [3.05, 3.63) is 66.9 Å². The van der Waals surface area contributed by atoms with Crippen LogP contribution in [0.5, 0.6) is 5.75 Å². The van der Waals surface area contributed by atoms with E-state index in [1.807, 2.05) is 25.1 Å². The first-order valence-electron chi connectivity index (χ1n) is 7.87. The van der Waals surface area contributed by atoms with E-state index in [1.165, 1.54) is 0 Å². The Balaban J connectivity index is 1.71. The monoisotopic (exact) mass is 412 g/mol. The quantitative estimate of drug-likeness (QED) is 0.645. The van der Waals surface area contributed by atoms with Crippen LogP contribution in [-0.2, 0) is 4.79 Å². The van der Waals surface area contributed by atoms with E-state index in [0.29, 0.717) is 22.6 Å². The van der Waals surface area contributed by atoms with Crippen molar-refractivity contribution in [3.8, 4) is 16.9 Å². The Morgan fingerprint density at radius 2 is 1.88 bits per heavy atom. The first-order valence-corrected chi connectivity index (χ1v) is 8.67. The number of hydrogen-bond acceptors (Lipinski definition) is 5. The van der Waals surface area contributed by atoms with Crippen LogP contribution in [0.1, 0.15) is 5.56 Å². The minimum absolute atomic E-state index is 0.0777. The van der Waals surface area contributed by atoms with Crippen LogP contribution in [0.25, 0.3) is 11.1 Å². The number of ether oxygens (including phenoxy) is 1. The lowest BCUT2D eigenvalue weighted by molar-refractivity contribution is -0.118. The number of nitrogens with one attached hydrogen (secondary N) is 2. The van der Waals surface area contributed by atoms with Crippen LogP contribution >= 0.6 is 15.9 Å². The Morgan fingerprint density at radius 1 is 1.08 bits per heavy atom. The highest BCUT2D eigenvalue weighted by Gasteiger charge is 2.24. The smallest absolute Gasteiger partial charge is 0.262 e. The molecule has 3 aromatic rings. The molecule has 0 bridgehead atoms. The third kappa shape index (κ3) is 2.70. The zero-order valence-electron chi connectivity index (χ0n) is 13.7. The number of carbonyl (C=O) groups excluding carboxylic acids is 1. The first-order chi connectivity index (χ1) is 12.4.